The third-order valence-electron chi connectivity index (χ3n) is 12.5. The zero-order valence-corrected chi connectivity index (χ0v) is 47.9. The summed E-state index contributed by atoms with van der Waals surface area (Å²) in [7, 11) is 0. The highest BCUT2D eigenvalue weighted by atomic mass is 16.7. The second-order valence-electron chi connectivity index (χ2n) is 23.0. The number of ether oxygens (including phenoxy) is 4. The summed E-state index contributed by atoms with van der Waals surface area (Å²) in [6, 6.07) is 24.9. The molecule has 3 amide bonds. The number of carboxylic acid groups (broad SMARTS) is 1. The van der Waals surface area contributed by atoms with E-state index in [1.165, 1.54) is 12.1 Å². The van der Waals surface area contributed by atoms with Crippen LogP contribution < -0.4 is 21.7 Å². The molecule has 0 aromatic heterocycles. The van der Waals surface area contributed by atoms with Gasteiger partial charge in [-0.1, -0.05) is 93.1 Å². The molecule has 80 heavy (non-hydrogen) atoms. The number of amides is 3. The molecule has 3 aromatic carbocycles. The van der Waals surface area contributed by atoms with Crippen LogP contribution in [0.25, 0.3) is 0 Å². The number of benzene rings is 3. The van der Waals surface area contributed by atoms with Crippen molar-refractivity contribution in [2.75, 3.05) is 39.5 Å². The third kappa shape index (κ3) is 23.8. The van der Waals surface area contributed by atoms with E-state index in [9.17, 15) is 39.0 Å². The maximum absolute atomic E-state index is 12.6. The van der Waals surface area contributed by atoms with Gasteiger partial charge >= 0.3 is 5.97 Å². The van der Waals surface area contributed by atoms with Gasteiger partial charge in [0.15, 0.2) is 23.1 Å². The number of carboxylic acids is 1. The average Bonchev–Trinajstić information content (AvgIpc) is 3.40. The van der Waals surface area contributed by atoms with Crippen molar-refractivity contribution in [1.29, 1.82) is 15.8 Å². The van der Waals surface area contributed by atoms with Gasteiger partial charge in [0, 0.05) is 65.9 Å². The molecule has 0 spiro atoms. The molecular weight excluding hydrogens is 1030 g/mol. The van der Waals surface area contributed by atoms with Crippen LogP contribution >= 0.6 is 0 Å². The van der Waals surface area contributed by atoms with Crippen molar-refractivity contribution in [1.82, 2.24) is 16.0 Å². The Morgan fingerprint density at radius 3 is 1.34 bits per heavy atom. The fraction of sp³-hybridized carbons (Fsp3) is 0.550. The smallest absolute Gasteiger partial charge is 0.335 e. The number of aliphatic hydroxyl groups excluding tert-OH is 2. The Bertz CT molecular complexity index is 2700. The Morgan fingerprint density at radius 1 is 0.637 bits per heavy atom. The predicted octanol–water partition coefficient (Wildman–Crippen LogP) is 6.84. The summed E-state index contributed by atoms with van der Waals surface area (Å²) in [6.07, 6.45) is -1.94. The molecule has 3 aromatic rings. The number of Topliss-reactive ketones (excluding diaryl/α,β-unsaturated/α-hetero) is 2. The number of nitrogens with zero attached hydrogens (tertiary/aromatic N) is 3. The van der Waals surface area contributed by atoms with Gasteiger partial charge in [0.1, 0.15) is 18.3 Å². The lowest BCUT2D eigenvalue weighted by Crippen LogP contribution is -2.57. The van der Waals surface area contributed by atoms with Crippen LogP contribution in [0, 0.1) is 62.1 Å². The quantitative estimate of drug-likeness (QED) is 0.0641. The van der Waals surface area contributed by atoms with E-state index < -0.39 is 52.6 Å². The molecule has 20 heteroatoms. The molecule has 2 aliphatic heterocycles. The number of ketones is 2. The number of nitrogens with one attached hydrogen (secondary N) is 3. The Balaban J connectivity index is 0.000000554. The average molecular weight is 1110 g/mol. The van der Waals surface area contributed by atoms with Gasteiger partial charge in [-0.05, 0) is 88.9 Å². The SMILES string of the molecule is C.C[C@@H](CNC(=O)[C@@H]1OC(C)(C)OCC1(C)C)CC(=O)c1cccc(C#N)c1.C[C@@H](CNC(=O)[C@H](O)C(C)(C)CO)CC(=O)c1cccc(C#N)c1.C[C@H](N)CNC(=O)[C@@H]1OC(C)(C)OCC1(C)C.N#Cc1cccc(C(=O)O)c1. The molecule has 0 unspecified atom stereocenters. The minimum atomic E-state index is -1.32. The monoisotopic (exact) mass is 1110 g/mol. The summed E-state index contributed by atoms with van der Waals surface area (Å²) in [6.45, 7) is 25.4. The number of hydrogen-bond donors (Lipinski definition) is 7. The van der Waals surface area contributed by atoms with E-state index in [1.54, 1.807) is 88.4 Å². The van der Waals surface area contributed by atoms with Crippen LogP contribution in [0.2, 0.25) is 0 Å². The van der Waals surface area contributed by atoms with Crippen molar-refractivity contribution in [3.05, 3.63) is 106 Å². The van der Waals surface area contributed by atoms with Crippen molar-refractivity contribution in [3.8, 4) is 18.2 Å². The fourth-order valence-corrected chi connectivity index (χ4v) is 7.44. The van der Waals surface area contributed by atoms with Crippen molar-refractivity contribution >= 4 is 35.3 Å². The normalized spacial score (nSPS) is 18.7. The number of nitrogens with two attached hydrogens (primary N) is 1. The molecule has 438 valence electrons. The Hall–Kier alpha value is -6.93. The predicted molar refractivity (Wildman–Crippen MR) is 300 cm³/mol. The highest BCUT2D eigenvalue weighted by molar-refractivity contribution is 5.97. The summed E-state index contributed by atoms with van der Waals surface area (Å²) in [4.78, 5) is 71.5. The zero-order chi connectivity index (χ0) is 60.1. The van der Waals surface area contributed by atoms with Gasteiger partial charge in [-0.15, -0.1) is 0 Å². The van der Waals surface area contributed by atoms with E-state index in [4.69, 9.17) is 45.6 Å². The topological polar surface area (TPSA) is 334 Å². The standard InChI is InChI=1S/C21H28N2O4.C18H24N2O4.C12H24N2O3.C8H5NO2.CH4/c1-14(9-17(24)16-8-6-7-15(10-16)11-22)12-23-19(25)18-20(2,3)13-26-21(4,5)27-18;1-12(10-20-17(24)16(23)18(2,3)11-21)7-15(22)14-6-4-5-13(8-14)9-19;1-8(13)6-14-10(15)9-11(2,3)7-16-12(4,5)17-9;9-5-6-2-1-3-7(4-6)8(10)11;/h6-8,10,14,18H,9,12-13H2,1-5H3,(H,23,25);4-6,8,12,16,21,23H,7,10-11H2,1-3H3,(H,20,24);8-9H,6-7,13H2,1-5H3,(H,14,15);1-4H,(H,10,11);1H4/t14-,18+;12-,16+;8-,9-;;/m110../s1. The van der Waals surface area contributed by atoms with E-state index in [2.05, 4.69) is 16.0 Å². The van der Waals surface area contributed by atoms with Crippen molar-refractivity contribution in [3.63, 3.8) is 0 Å². The van der Waals surface area contributed by atoms with E-state index in [0.717, 1.165) is 0 Å². The summed E-state index contributed by atoms with van der Waals surface area (Å²) in [5.41, 5.74) is 6.29. The molecule has 6 atom stereocenters. The molecule has 0 saturated carbocycles. The van der Waals surface area contributed by atoms with E-state index in [0.29, 0.717) is 60.5 Å². The maximum atomic E-state index is 12.6. The van der Waals surface area contributed by atoms with Crippen LogP contribution in [-0.4, -0.2) is 126 Å². The van der Waals surface area contributed by atoms with Crippen LogP contribution in [0.5, 0.6) is 0 Å². The first kappa shape index (κ1) is 71.1. The van der Waals surface area contributed by atoms with Crippen LogP contribution in [0.4, 0.5) is 0 Å². The fourth-order valence-electron chi connectivity index (χ4n) is 7.44. The van der Waals surface area contributed by atoms with Gasteiger partial charge in [0.05, 0.1) is 60.3 Å². The summed E-state index contributed by atoms with van der Waals surface area (Å²) in [5, 5.41) is 62.1. The van der Waals surface area contributed by atoms with Gasteiger partial charge < -0.3 is 56.0 Å². The van der Waals surface area contributed by atoms with Crippen molar-refractivity contribution < 1.29 is 63.0 Å². The maximum Gasteiger partial charge on any atom is 0.335 e. The molecule has 20 nitrogen and oxygen atoms in total. The molecule has 2 fully saturated rings. The number of hydrogen-bond acceptors (Lipinski definition) is 16. The first-order valence-electron chi connectivity index (χ1n) is 25.9. The lowest BCUT2D eigenvalue weighted by Gasteiger charge is -2.44. The Kier molecular flexibility index (Phi) is 28.2. The van der Waals surface area contributed by atoms with Crippen molar-refractivity contribution in [2.45, 2.75) is 146 Å². The molecule has 0 aliphatic carbocycles. The highest BCUT2D eigenvalue weighted by Gasteiger charge is 2.47. The Morgan fingerprint density at radius 2 is 0.988 bits per heavy atom. The highest BCUT2D eigenvalue weighted by Crippen LogP contribution is 2.36. The first-order valence-corrected chi connectivity index (χ1v) is 25.9. The zero-order valence-electron chi connectivity index (χ0n) is 47.9. The first-order chi connectivity index (χ1) is 36.6. The van der Waals surface area contributed by atoms with Gasteiger partial charge in [-0.2, -0.15) is 15.8 Å². The molecule has 0 bridgehead atoms. The number of rotatable bonds is 18. The van der Waals surface area contributed by atoms with Crippen LogP contribution in [0.15, 0.2) is 72.8 Å². The Labute approximate surface area is 472 Å². The number of aliphatic hydroxyl groups is 2. The summed E-state index contributed by atoms with van der Waals surface area (Å²) in [5.74, 6) is -3.73. The van der Waals surface area contributed by atoms with Crippen LogP contribution in [0.1, 0.15) is 158 Å². The van der Waals surface area contributed by atoms with E-state index >= 15 is 0 Å². The lowest BCUT2D eigenvalue weighted by atomic mass is 9.85. The lowest BCUT2D eigenvalue weighted by molar-refractivity contribution is -0.304. The molecule has 8 N–H and O–H groups in total. The summed E-state index contributed by atoms with van der Waals surface area (Å²) < 4.78 is 22.7. The van der Waals surface area contributed by atoms with E-state index in [-0.39, 0.29) is 79.2 Å². The number of carbonyl (C=O) groups is 6. The second-order valence-corrected chi connectivity index (χ2v) is 23.0. The van der Waals surface area contributed by atoms with E-state index in [1.807, 2.05) is 80.5 Å². The van der Waals surface area contributed by atoms with Gasteiger partial charge in [0.25, 0.3) is 0 Å². The minimum absolute atomic E-state index is 0. The van der Waals surface area contributed by atoms with Gasteiger partial charge in [0.2, 0.25) is 17.7 Å². The minimum Gasteiger partial charge on any atom is -0.478 e. The largest absolute Gasteiger partial charge is 0.478 e. The molecule has 2 heterocycles. The number of aromatic carboxylic acids is 1. The molecule has 0 radical (unpaired) electrons. The molecule has 2 aliphatic rings. The van der Waals surface area contributed by atoms with Crippen LogP contribution in [0.3, 0.4) is 0 Å². The summed E-state index contributed by atoms with van der Waals surface area (Å²) >= 11 is 0. The van der Waals surface area contributed by atoms with Crippen molar-refractivity contribution in [2.24, 2.45) is 33.8 Å². The molecule has 5 rings (SSSR count). The van der Waals surface area contributed by atoms with Gasteiger partial charge in [-0.25, -0.2) is 4.79 Å². The molecular formula is C60H85N7O13. The van der Waals surface area contributed by atoms with Crippen LogP contribution in [-0.2, 0) is 33.3 Å². The third-order valence-corrected chi connectivity index (χ3v) is 12.5. The number of carbonyl (C=O) groups excluding carboxylic acids is 5. The van der Waals surface area contributed by atoms with Gasteiger partial charge in [-0.3, -0.25) is 24.0 Å². The second kappa shape index (κ2) is 31.8. The number of nitriles is 3. The molecule has 2 saturated heterocycles.